The van der Waals surface area contributed by atoms with Crippen LogP contribution in [0.2, 0.25) is 0 Å². The lowest BCUT2D eigenvalue weighted by molar-refractivity contribution is 0.134. The lowest BCUT2D eigenvalue weighted by Gasteiger charge is -2.30. The first-order valence-corrected chi connectivity index (χ1v) is 6.99. The molecule has 1 aliphatic rings. The molecule has 1 saturated heterocycles. The van der Waals surface area contributed by atoms with E-state index in [0.29, 0.717) is 6.04 Å². The number of nitrogens with one attached hydrogen (secondary N) is 1. The third-order valence-electron chi connectivity index (χ3n) is 3.68. The minimum absolute atomic E-state index is 0.247. The molecule has 0 aromatic heterocycles. The van der Waals surface area contributed by atoms with E-state index in [2.05, 4.69) is 40.5 Å². The fourth-order valence-electron chi connectivity index (χ4n) is 2.70. The SMILES string of the molecule is OCCN(Cc1ccccc1)C1CCCNCC1. The number of benzene rings is 1. The Morgan fingerprint density at radius 2 is 2.00 bits per heavy atom. The summed E-state index contributed by atoms with van der Waals surface area (Å²) in [7, 11) is 0. The van der Waals surface area contributed by atoms with Crippen LogP contribution < -0.4 is 5.32 Å². The van der Waals surface area contributed by atoms with Gasteiger partial charge >= 0.3 is 0 Å². The zero-order chi connectivity index (χ0) is 12.6. The van der Waals surface area contributed by atoms with Crippen LogP contribution in [0.4, 0.5) is 0 Å². The van der Waals surface area contributed by atoms with Crippen LogP contribution in [0.1, 0.15) is 24.8 Å². The smallest absolute Gasteiger partial charge is 0.0558 e. The number of hydrogen-bond acceptors (Lipinski definition) is 3. The van der Waals surface area contributed by atoms with Gasteiger partial charge < -0.3 is 10.4 Å². The van der Waals surface area contributed by atoms with Crippen molar-refractivity contribution in [2.24, 2.45) is 0 Å². The lowest BCUT2D eigenvalue weighted by atomic mass is 10.1. The van der Waals surface area contributed by atoms with E-state index in [0.717, 1.165) is 26.2 Å². The highest BCUT2D eigenvalue weighted by atomic mass is 16.3. The van der Waals surface area contributed by atoms with Crippen molar-refractivity contribution >= 4 is 0 Å². The van der Waals surface area contributed by atoms with Crippen molar-refractivity contribution < 1.29 is 5.11 Å². The maximum Gasteiger partial charge on any atom is 0.0558 e. The predicted octanol–water partition coefficient (Wildman–Crippen LogP) is 1.62. The summed E-state index contributed by atoms with van der Waals surface area (Å²) >= 11 is 0. The number of aliphatic hydroxyl groups excluding tert-OH is 1. The second kappa shape index (κ2) is 7.52. The quantitative estimate of drug-likeness (QED) is 0.831. The number of aliphatic hydroxyl groups is 1. The standard InChI is InChI=1S/C15H24N2O/c18-12-11-17(13-14-5-2-1-3-6-14)15-7-4-9-16-10-8-15/h1-3,5-6,15-16,18H,4,7-13H2. The van der Waals surface area contributed by atoms with E-state index in [1.54, 1.807) is 0 Å². The van der Waals surface area contributed by atoms with Crippen molar-refractivity contribution in [2.75, 3.05) is 26.2 Å². The molecule has 0 aliphatic carbocycles. The Kier molecular flexibility index (Phi) is 5.65. The van der Waals surface area contributed by atoms with Crippen LogP contribution >= 0.6 is 0 Å². The average Bonchev–Trinajstić information content (AvgIpc) is 2.68. The molecule has 0 radical (unpaired) electrons. The Morgan fingerprint density at radius 3 is 2.78 bits per heavy atom. The molecule has 1 aromatic carbocycles. The Bertz CT molecular complexity index is 321. The van der Waals surface area contributed by atoms with Crippen LogP contribution in [0.3, 0.4) is 0 Å². The Labute approximate surface area is 110 Å². The van der Waals surface area contributed by atoms with Crippen molar-refractivity contribution in [2.45, 2.75) is 31.8 Å². The van der Waals surface area contributed by atoms with Gasteiger partial charge in [0.15, 0.2) is 0 Å². The molecular weight excluding hydrogens is 224 g/mol. The first-order valence-electron chi connectivity index (χ1n) is 6.99. The molecule has 0 saturated carbocycles. The van der Waals surface area contributed by atoms with Crippen molar-refractivity contribution in [3.8, 4) is 0 Å². The predicted molar refractivity (Wildman–Crippen MR) is 74.4 cm³/mol. The molecule has 1 unspecified atom stereocenters. The van der Waals surface area contributed by atoms with Gasteiger partial charge in [-0.1, -0.05) is 30.3 Å². The van der Waals surface area contributed by atoms with Gasteiger partial charge in [-0.2, -0.15) is 0 Å². The third-order valence-corrected chi connectivity index (χ3v) is 3.68. The molecular formula is C15H24N2O. The second-order valence-corrected chi connectivity index (χ2v) is 5.01. The van der Waals surface area contributed by atoms with Crippen molar-refractivity contribution in [3.05, 3.63) is 35.9 Å². The minimum Gasteiger partial charge on any atom is -0.395 e. The monoisotopic (exact) mass is 248 g/mol. The molecule has 1 fully saturated rings. The van der Waals surface area contributed by atoms with Gasteiger partial charge in [-0.3, -0.25) is 4.90 Å². The molecule has 3 heteroatoms. The Hall–Kier alpha value is -0.900. The zero-order valence-corrected chi connectivity index (χ0v) is 11.0. The molecule has 1 aliphatic heterocycles. The topological polar surface area (TPSA) is 35.5 Å². The molecule has 100 valence electrons. The largest absolute Gasteiger partial charge is 0.395 e. The van der Waals surface area contributed by atoms with Gasteiger partial charge in [0.1, 0.15) is 0 Å². The summed E-state index contributed by atoms with van der Waals surface area (Å²) in [5.74, 6) is 0. The highest BCUT2D eigenvalue weighted by molar-refractivity contribution is 5.14. The summed E-state index contributed by atoms with van der Waals surface area (Å²) in [6.45, 7) is 4.21. The number of hydrogen-bond donors (Lipinski definition) is 2. The van der Waals surface area contributed by atoms with Crippen LogP contribution in [0.25, 0.3) is 0 Å². The maximum atomic E-state index is 9.26. The second-order valence-electron chi connectivity index (χ2n) is 5.01. The number of nitrogens with zero attached hydrogens (tertiary/aromatic N) is 1. The van der Waals surface area contributed by atoms with Gasteiger partial charge in [0.2, 0.25) is 0 Å². The van der Waals surface area contributed by atoms with Crippen LogP contribution in [0.5, 0.6) is 0 Å². The highest BCUT2D eigenvalue weighted by Gasteiger charge is 2.19. The van der Waals surface area contributed by atoms with Gasteiger partial charge in [-0.25, -0.2) is 0 Å². The van der Waals surface area contributed by atoms with Gasteiger partial charge in [0.25, 0.3) is 0 Å². The Morgan fingerprint density at radius 1 is 1.17 bits per heavy atom. The van der Waals surface area contributed by atoms with Crippen LogP contribution in [-0.2, 0) is 6.54 Å². The van der Waals surface area contributed by atoms with E-state index in [4.69, 9.17) is 0 Å². The summed E-state index contributed by atoms with van der Waals surface area (Å²) in [5.41, 5.74) is 1.34. The highest BCUT2D eigenvalue weighted by Crippen LogP contribution is 2.16. The summed E-state index contributed by atoms with van der Waals surface area (Å²) in [6.07, 6.45) is 3.66. The molecule has 0 bridgehead atoms. The zero-order valence-electron chi connectivity index (χ0n) is 11.0. The van der Waals surface area contributed by atoms with E-state index in [9.17, 15) is 5.11 Å². The maximum absolute atomic E-state index is 9.26. The van der Waals surface area contributed by atoms with Crippen molar-refractivity contribution in [3.63, 3.8) is 0 Å². The molecule has 2 N–H and O–H groups in total. The van der Waals surface area contributed by atoms with Gasteiger partial charge in [-0.15, -0.1) is 0 Å². The van der Waals surface area contributed by atoms with Gasteiger partial charge in [0, 0.05) is 19.1 Å². The minimum atomic E-state index is 0.247. The van der Waals surface area contributed by atoms with E-state index in [1.807, 2.05) is 0 Å². The molecule has 0 amide bonds. The van der Waals surface area contributed by atoms with Gasteiger partial charge in [0.05, 0.1) is 6.61 Å². The molecule has 1 heterocycles. The molecule has 0 spiro atoms. The molecule has 2 rings (SSSR count). The van der Waals surface area contributed by atoms with Crippen molar-refractivity contribution in [1.29, 1.82) is 0 Å². The fraction of sp³-hybridized carbons (Fsp3) is 0.600. The molecule has 18 heavy (non-hydrogen) atoms. The Balaban J connectivity index is 1.97. The summed E-state index contributed by atoms with van der Waals surface area (Å²) in [4.78, 5) is 2.43. The van der Waals surface area contributed by atoms with E-state index < -0.39 is 0 Å². The van der Waals surface area contributed by atoms with Crippen LogP contribution in [-0.4, -0.2) is 42.3 Å². The van der Waals surface area contributed by atoms with Crippen LogP contribution in [0.15, 0.2) is 30.3 Å². The molecule has 3 nitrogen and oxygen atoms in total. The van der Waals surface area contributed by atoms with E-state index >= 15 is 0 Å². The number of rotatable bonds is 5. The summed E-state index contributed by atoms with van der Waals surface area (Å²) < 4.78 is 0. The molecule has 1 atom stereocenters. The normalized spacial score (nSPS) is 20.9. The average molecular weight is 248 g/mol. The first kappa shape index (κ1) is 13.5. The molecule has 1 aromatic rings. The van der Waals surface area contributed by atoms with Crippen LogP contribution in [0, 0.1) is 0 Å². The fourth-order valence-corrected chi connectivity index (χ4v) is 2.70. The third kappa shape index (κ3) is 4.09. The van der Waals surface area contributed by atoms with Crippen molar-refractivity contribution in [1.82, 2.24) is 10.2 Å². The van der Waals surface area contributed by atoms with E-state index in [1.165, 1.54) is 24.8 Å². The lowest BCUT2D eigenvalue weighted by Crippen LogP contribution is -2.37. The summed E-state index contributed by atoms with van der Waals surface area (Å²) in [6, 6.07) is 11.2. The van der Waals surface area contributed by atoms with Gasteiger partial charge in [-0.05, 0) is 37.9 Å². The summed E-state index contributed by atoms with van der Waals surface area (Å²) in [5, 5.41) is 12.7. The first-order chi connectivity index (χ1) is 8.90. The van der Waals surface area contributed by atoms with E-state index in [-0.39, 0.29) is 6.61 Å².